The minimum atomic E-state index is -0.450. The second kappa shape index (κ2) is 8.63. The molecule has 2 heterocycles. The molecule has 1 N–H and O–H groups in total. The fourth-order valence-electron chi connectivity index (χ4n) is 2.74. The molecule has 0 saturated carbocycles. The number of nitrogens with one attached hydrogen (secondary N) is 1. The zero-order chi connectivity index (χ0) is 20.4. The molecule has 1 aliphatic heterocycles. The number of carbonyl (C=O) groups is 2. The molecule has 146 valence electrons. The van der Waals surface area contributed by atoms with Crippen molar-refractivity contribution in [1.29, 1.82) is 0 Å². The van der Waals surface area contributed by atoms with Crippen LogP contribution >= 0.6 is 46.3 Å². The Hall–Kier alpha value is -2.25. The smallest absolute Gasteiger partial charge is 0.303 e. The second-order valence-corrected chi connectivity index (χ2v) is 9.52. The molecule has 1 aromatic heterocycles. The number of amides is 3. The van der Waals surface area contributed by atoms with Gasteiger partial charge in [0, 0.05) is 19.8 Å². The fourth-order valence-corrected chi connectivity index (χ4v) is 5.13. The third-order valence-electron chi connectivity index (χ3n) is 4.17. The van der Waals surface area contributed by atoms with Crippen molar-refractivity contribution in [3.8, 4) is 0 Å². The van der Waals surface area contributed by atoms with Crippen LogP contribution in [0.2, 0.25) is 10.0 Å². The molecule has 0 unspecified atom stereocenters. The average molecular weight is 461 g/mol. The third-order valence-corrected chi connectivity index (χ3v) is 6.96. The standard InChI is InChI=1S/C21H14Cl2N2O2S2/c22-14-5-7-15(8-6-14)28-19-10-9-16(29-19)11-18-20(26)25(21(27)24-18)12-13-3-1-2-4-17(13)23/h1-11H,12H2,(H,24,27)/b18-11+. The van der Waals surface area contributed by atoms with E-state index in [9.17, 15) is 9.59 Å². The van der Waals surface area contributed by atoms with Crippen LogP contribution in [0.15, 0.2) is 75.5 Å². The number of hydrogen-bond donors (Lipinski definition) is 1. The van der Waals surface area contributed by atoms with Crippen molar-refractivity contribution in [3.63, 3.8) is 0 Å². The first-order chi connectivity index (χ1) is 14.0. The highest BCUT2D eigenvalue weighted by Gasteiger charge is 2.33. The Kier molecular flexibility index (Phi) is 5.96. The van der Waals surface area contributed by atoms with Crippen LogP contribution in [-0.4, -0.2) is 16.8 Å². The molecule has 3 aromatic rings. The van der Waals surface area contributed by atoms with Crippen LogP contribution in [-0.2, 0) is 11.3 Å². The SMILES string of the molecule is O=C1N/C(=C/c2ccc(Sc3ccc(Cl)cc3)s2)C(=O)N1Cc1ccccc1Cl. The number of imide groups is 1. The van der Waals surface area contributed by atoms with Crippen LogP contribution in [0, 0.1) is 0 Å². The van der Waals surface area contributed by atoms with E-state index in [1.807, 2.05) is 42.5 Å². The Morgan fingerprint density at radius 2 is 1.76 bits per heavy atom. The molecule has 2 aromatic carbocycles. The summed E-state index contributed by atoms with van der Waals surface area (Å²) < 4.78 is 1.07. The number of benzene rings is 2. The average Bonchev–Trinajstić information content (AvgIpc) is 3.25. The lowest BCUT2D eigenvalue weighted by Crippen LogP contribution is -2.30. The summed E-state index contributed by atoms with van der Waals surface area (Å²) in [6.45, 7) is 0.129. The number of carbonyl (C=O) groups excluding carboxylic acids is 2. The minimum absolute atomic E-state index is 0.129. The molecule has 1 fully saturated rings. The van der Waals surface area contributed by atoms with Gasteiger partial charge in [0.1, 0.15) is 5.70 Å². The van der Waals surface area contributed by atoms with E-state index in [0.717, 1.165) is 24.4 Å². The molecule has 0 atom stereocenters. The van der Waals surface area contributed by atoms with Crippen LogP contribution in [0.25, 0.3) is 6.08 Å². The van der Waals surface area contributed by atoms with Gasteiger partial charge in [-0.1, -0.05) is 53.2 Å². The molecule has 4 nitrogen and oxygen atoms in total. The normalized spacial score (nSPS) is 15.2. The van der Waals surface area contributed by atoms with Crippen molar-refractivity contribution in [1.82, 2.24) is 10.2 Å². The van der Waals surface area contributed by atoms with Gasteiger partial charge in [-0.2, -0.15) is 0 Å². The van der Waals surface area contributed by atoms with E-state index >= 15 is 0 Å². The minimum Gasteiger partial charge on any atom is -0.303 e. The van der Waals surface area contributed by atoms with Gasteiger partial charge < -0.3 is 5.32 Å². The molecule has 0 bridgehead atoms. The first kappa shape index (κ1) is 20.0. The molecule has 0 aliphatic carbocycles. The maximum Gasteiger partial charge on any atom is 0.329 e. The van der Waals surface area contributed by atoms with Gasteiger partial charge >= 0.3 is 6.03 Å². The van der Waals surface area contributed by atoms with Crippen molar-refractivity contribution in [2.24, 2.45) is 0 Å². The molecule has 8 heteroatoms. The summed E-state index contributed by atoms with van der Waals surface area (Å²) >= 11 is 15.2. The Morgan fingerprint density at radius 3 is 2.52 bits per heavy atom. The Morgan fingerprint density at radius 1 is 1.00 bits per heavy atom. The topological polar surface area (TPSA) is 49.4 Å². The monoisotopic (exact) mass is 460 g/mol. The van der Waals surface area contributed by atoms with E-state index in [-0.39, 0.29) is 18.1 Å². The van der Waals surface area contributed by atoms with Crippen LogP contribution in [0.4, 0.5) is 4.79 Å². The number of hydrogen-bond acceptors (Lipinski definition) is 4. The van der Waals surface area contributed by atoms with Gasteiger partial charge in [0.25, 0.3) is 5.91 Å². The summed E-state index contributed by atoms with van der Waals surface area (Å²) in [7, 11) is 0. The molecule has 1 aliphatic rings. The third kappa shape index (κ3) is 4.67. The van der Waals surface area contributed by atoms with Crippen LogP contribution in [0.1, 0.15) is 10.4 Å². The lowest BCUT2D eigenvalue weighted by molar-refractivity contribution is -0.123. The lowest BCUT2D eigenvalue weighted by atomic mass is 10.2. The van der Waals surface area contributed by atoms with Gasteiger partial charge in [-0.3, -0.25) is 9.69 Å². The van der Waals surface area contributed by atoms with E-state index in [4.69, 9.17) is 23.2 Å². The molecular weight excluding hydrogens is 447 g/mol. The first-order valence-electron chi connectivity index (χ1n) is 8.61. The van der Waals surface area contributed by atoms with Crippen LogP contribution < -0.4 is 5.32 Å². The summed E-state index contributed by atoms with van der Waals surface area (Å²) in [6, 6.07) is 18.2. The molecule has 3 amide bonds. The maximum absolute atomic E-state index is 12.7. The van der Waals surface area contributed by atoms with E-state index in [0.29, 0.717) is 10.0 Å². The summed E-state index contributed by atoms with van der Waals surface area (Å²) in [4.78, 5) is 28.1. The van der Waals surface area contributed by atoms with Crippen molar-refractivity contribution in [2.75, 3.05) is 0 Å². The predicted molar refractivity (Wildman–Crippen MR) is 118 cm³/mol. The zero-order valence-corrected chi connectivity index (χ0v) is 18.0. The number of halogens is 2. The molecule has 4 rings (SSSR count). The quantitative estimate of drug-likeness (QED) is 0.358. The fraction of sp³-hybridized carbons (Fsp3) is 0.0476. The Labute approximate surface area is 186 Å². The zero-order valence-electron chi connectivity index (χ0n) is 14.9. The molecule has 0 spiro atoms. The number of thiophene rings is 1. The van der Waals surface area contributed by atoms with Crippen LogP contribution in [0.5, 0.6) is 0 Å². The van der Waals surface area contributed by atoms with Crippen molar-refractivity contribution < 1.29 is 9.59 Å². The second-order valence-electron chi connectivity index (χ2n) is 6.18. The number of rotatable bonds is 5. The number of urea groups is 1. The first-order valence-corrected chi connectivity index (χ1v) is 11.0. The summed E-state index contributed by atoms with van der Waals surface area (Å²) in [5.74, 6) is -0.366. The van der Waals surface area contributed by atoms with Gasteiger partial charge in [-0.25, -0.2) is 4.79 Å². The Balaban J connectivity index is 1.48. The van der Waals surface area contributed by atoms with Crippen molar-refractivity contribution in [2.45, 2.75) is 15.6 Å². The predicted octanol–water partition coefficient (Wildman–Crippen LogP) is 6.30. The van der Waals surface area contributed by atoms with Gasteiger partial charge in [-0.15, -0.1) is 11.3 Å². The van der Waals surface area contributed by atoms with E-state index in [2.05, 4.69) is 5.32 Å². The highest BCUT2D eigenvalue weighted by molar-refractivity contribution is 8.01. The summed E-state index contributed by atoms with van der Waals surface area (Å²) in [5.41, 5.74) is 0.976. The summed E-state index contributed by atoms with van der Waals surface area (Å²) in [6.07, 6.45) is 1.70. The maximum atomic E-state index is 12.7. The van der Waals surface area contributed by atoms with Gasteiger partial charge in [0.15, 0.2) is 0 Å². The lowest BCUT2D eigenvalue weighted by Gasteiger charge is -2.12. The molecular formula is C21H14Cl2N2O2S2. The van der Waals surface area contributed by atoms with E-state index in [1.165, 1.54) is 0 Å². The molecule has 29 heavy (non-hydrogen) atoms. The van der Waals surface area contributed by atoms with Crippen molar-refractivity contribution in [3.05, 3.63) is 86.8 Å². The van der Waals surface area contributed by atoms with E-state index < -0.39 is 6.03 Å². The highest BCUT2D eigenvalue weighted by atomic mass is 35.5. The highest BCUT2D eigenvalue weighted by Crippen LogP contribution is 2.35. The largest absolute Gasteiger partial charge is 0.329 e. The summed E-state index contributed by atoms with van der Waals surface area (Å²) in [5, 5.41) is 3.87. The Bertz CT molecular complexity index is 1110. The van der Waals surface area contributed by atoms with Crippen molar-refractivity contribution >= 4 is 64.3 Å². The van der Waals surface area contributed by atoms with Gasteiger partial charge in [0.05, 0.1) is 10.8 Å². The van der Waals surface area contributed by atoms with Gasteiger partial charge in [-0.05, 0) is 54.1 Å². The van der Waals surface area contributed by atoms with Crippen LogP contribution in [0.3, 0.4) is 0 Å². The number of nitrogens with zero attached hydrogens (tertiary/aromatic N) is 1. The van der Waals surface area contributed by atoms with Gasteiger partial charge in [0.2, 0.25) is 0 Å². The molecule has 0 radical (unpaired) electrons. The van der Waals surface area contributed by atoms with E-state index in [1.54, 1.807) is 47.4 Å². The molecule has 1 saturated heterocycles.